The number of hydrogen-bond donors (Lipinski definition) is 1. The normalized spacial score (nSPS) is 15.9. The highest BCUT2D eigenvalue weighted by molar-refractivity contribution is 7.90. The first-order chi connectivity index (χ1) is 17.1. The molecule has 0 bridgehead atoms. The third-order valence-electron chi connectivity index (χ3n) is 6.51. The number of aliphatic hydroxyl groups excluding tert-OH is 1. The molecular formula is C25H25N5O5S. The first kappa shape index (κ1) is 24.0. The summed E-state index contributed by atoms with van der Waals surface area (Å²) >= 11 is 0. The second kappa shape index (κ2) is 9.07. The topological polar surface area (TPSA) is 135 Å². The lowest BCUT2D eigenvalue weighted by molar-refractivity contribution is -0.140. The molecule has 1 N–H and O–H groups in total. The highest BCUT2D eigenvalue weighted by Gasteiger charge is 2.27. The fourth-order valence-corrected chi connectivity index (χ4v) is 5.24. The van der Waals surface area contributed by atoms with Crippen molar-refractivity contribution >= 4 is 37.7 Å². The number of fused-ring (bicyclic) bond motifs is 3. The van der Waals surface area contributed by atoms with Gasteiger partial charge in [-0.2, -0.15) is 0 Å². The minimum Gasteiger partial charge on any atom is -0.384 e. The van der Waals surface area contributed by atoms with E-state index in [-0.39, 0.29) is 22.5 Å². The van der Waals surface area contributed by atoms with Crippen molar-refractivity contribution in [1.29, 1.82) is 0 Å². The van der Waals surface area contributed by atoms with Gasteiger partial charge in [0.2, 0.25) is 0 Å². The van der Waals surface area contributed by atoms with Crippen LogP contribution in [-0.4, -0.2) is 69.3 Å². The molecule has 186 valence electrons. The van der Waals surface area contributed by atoms with Crippen molar-refractivity contribution in [2.24, 2.45) is 0 Å². The van der Waals surface area contributed by atoms with Gasteiger partial charge in [-0.05, 0) is 50.1 Å². The lowest BCUT2D eigenvalue weighted by Crippen LogP contribution is -2.44. The lowest BCUT2D eigenvalue weighted by atomic mass is 10.0. The van der Waals surface area contributed by atoms with Gasteiger partial charge in [0.05, 0.1) is 16.7 Å². The standard InChI is InChI=1S/C25H25N5O5S/c1-15(31)25(33)29-11-9-18(10-12-29)30-22(32)8-4-17-14-26-20-6-5-19(28-23(20)24(17)30)16-3-7-21(27-13-16)36(2,34)35/h3-8,13-15,18,31H,9-12H2,1-2H3. The monoisotopic (exact) mass is 507 g/mol. The molecule has 11 heteroatoms. The van der Waals surface area contributed by atoms with Gasteiger partial charge in [-0.25, -0.2) is 18.4 Å². The third kappa shape index (κ3) is 4.35. The van der Waals surface area contributed by atoms with Gasteiger partial charge < -0.3 is 14.6 Å². The molecule has 5 heterocycles. The largest absolute Gasteiger partial charge is 0.384 e. The van der Waals surface area contributed by atoms with E-state index in [1.54, 1.807) is 33.9 Å². The number of aliphatic hydroxyl groups is 1. The number of rotatable bonds is 4. The molecule has 1 fully saturated rings. The minimum absolute atomic E-state index is 0.0200. The Kier molecular flexibility index (Phi) is 6.05. The lowest BCUT2D eigenvalue weighted by Gasteiger charge is -2.34. The Labute approximate surface area is 207 Å². The van der Waals surface area contributed by atoms with Crippen LogP contribution in [0.5, 0.6) is 0 Å². The fourth-order valence-electron chi connectivity index (χ4n) is 4.68. The summed E-state index contributed by atoms with van der Waals surface area (Å²) in [7, 11) is -3.42. The van der Waals surface area contributed by atoms with Crippen LogP contribution in [0.1, 0.15) is 25.8 Å². The van der Waals surface area contributed by atoms with Gasteiger partial charge >= 0.3 is 0 Å². The Morgan fingerprint density at radius 1 is 1.06 bits per heavy atom. The van der Waals surface area contributed by atoms with Crippen LogP contribution < -0.4 is 5.56 Å². The number of sulfone groups is 1. The SMILES string of the molecule is CC(O)C(=O)N1CCC(n2c(=O)ccc3cnc4ccc(-c5ccc(S(C)(=O)=O)nc5)nc4c32)CC1. The van der Waals surface area contributed by atoms with Gasteiger partial charge in [-0.3, -0.25) is 14.6 Å². The summed E-state index contributed by atoms with van der Waals surface area (Å²) in [6.07, 6.45) is 4.36. The molecule has 5 rings (SSSR count). The maximum Gasteiger partial charge on any atom is 0.251 e. The van der Waals surface area contributed by atoms with Crippen LogP contribution in [0.3, 0.4) is 0 Å². The summed E-state index contributed by atoms with van der Waals surface area (Å²) < 4.78 is 25.3. The first-order valence-electron chi connectivity index (χ1n) is 11.6. The number of carbonyl (C=O) groups is 1. The molecule has 0 saturated carbocycles. The second-order valence-corrected chi connectivity index (χ2v) is 11.0. The van der Waals surface area contributed by atoms with Crippen LogP contribution in [0.25, 0.3) is 33.2 Å². The predicted molar refractivity (Wildman–Crippen MR) is 134 cm³/mol. The smallest absolute Gasteiger partial charge is 0.251 e. The van der Waals surface area contributed by atoms with Gasteiger partial charge in [0.1, 0.15) is 11.6 Å². The summed E-state index contributed by atoms with van der Waals surface area (Å²) in [4.78, 5) is 40.3. The van der Waals surface area contributed by atoms with Gasteiger partial charge in [0.25, 0.3) is 11.5 Å². The molecule has 1 atom stereocenters. The highest BCUT2D eigenvalue weighted by Crippen LogP contribution is 2.30. The van der Waals surface area contributed by atoms with E-state index in [4.69, 9.17) is 4.98 Å². The number of nitrogens with zero attached hydrogens (tertiary/aromatic N) is 5. The quantitative estimate of drug-likeness (QED) is 0.414. The molecule has 1 saturated heterocycles. The first-order valence-corrected chi connectivity index (χ1v) is 13.5. The summed E-state index contributed by atoms with van der Waals surface area (Å²) in [5.41, 5.74) is 2.88. The van der Waals surface area contributed by atoms with E-state index in [9.17, 15) is 23.1 Å². The molecule has 4 aromatic rings. The van der Waals surface area contributed by atoms with E-state index in [1.807, 2.05) is 6.07 Å². The van der Waals surface area contributed by atoms with Crippen LogP contribution in [-0.2, 0) is 14.6 Å². The molecule has 0 aromatic carbocycles. The molecule has 4 aromatic heterocycles. The Balaban J connectivity index is 1.60. The number of hydrogen-bond acceptors (Lipinski definition) is 8. The van der Waals surface area contributed by atoms with E-state index < -0.39 is 15.9 Å². The summed E-state index contributed by atoms with van der Waals surface area (Å²) in [6.45, 7) is 2.34. The molecule has 0 radical (unpaired) electrons. The summed E-state index contributed by atoms with van der Waals surface area (Å²) in [5, 5.41) is 10.4. The predicted octanol–water partition coefficient (Wildman–Crippen LogP) is 1.95. The Morgan fingerprint density at radius 2 is 1.81 bits per heavy atom. The maximum atomic E-state index is 13.1. The number of carbonyl (C=O) groups excluding carboxylic acids is 1. The van der Waals surface area contributed by atoms with Gasteiger partial charge in [-0.1, -0.05) is 0 Å². The molecular weight excluding hydrogens is 482 g/mol. The third-order valence-corrected chi connectivity index (χ3v) is 7.51. The summed E-state index contributed by atoms with van der Waals surface area (Å²) in [5.74, 6) is -0.310. The second-order valence-electron chi connectivity index (χ2n) is 9.06. The average Bonchev–Trinajstić information content (AvgIpc) is 2.87. The van der Waals surface area contributed by atoms with Crippen LogP contribution >= 0.6 is 0 Å². The molecule has 36 heavy (non-hydrogen) atoms. The number of amides is 1. The van der Waals surface area contributed by atoms with Gasteiger partial charge in [-0.15, -0.1) is 0 Å². The number of pyridine rings is 4. The van der Waals surface area contributed by atoms with Crippen molar-refractivity contribution in [3.05, 3.63) is 59.1 Å². The maximum absolute atomic E-state index is 13.1. The van der Waals surface area contributed by atoms with E-state index in [1.165, 1.54) is 25.3 Å². The van der Waals surface area contributed by atoms with Crippen molar-refractivity contribution in [2.75, 3.05) is 19.3 Å². The van der Waals surface area contributed by atoms with Crippen LogP contribution in [0, 0.1) is 0 Å². The Morgan fingerprint density at radius 3 is 2.44 bits per heavy atom. The minimum atomic E-state index is -3.42. The zero-order valence-corrected chi connectivity index (χ0v) is 20.6. The van der Waals surface area contributed by atoms with Crippen molar-refractivity contribution in [3.63, 3.8) is 0 Å². The molecule has 1 unspecified atom stereocenters. The zero-order valence-electron chi connectivity index (χ0n) is 19.8. The van der Waals surface area contributed by atoms with E-state index in [2.05, 4.69) is 9.97 Å². The highest BCUT2D eigenvalue weighted by atomic mass is 32.2. The van der Waals surface area contributed by atoms with Crippen molar-refractivity contribution < 1.29 is 18.3 Å². The zero-order chi connectivity index (χ0) is 25.6. The fraction of sp³-hybridized carbons (Fsp3) is 0.320. The molecule has 10 nitrogen and oxygen atoms in total. The molecule has 1 aliphatic rings. The van der Waals surface area contributed by atoms with Crippen LogP contribution in [0.2, 0.25) is 0 Å². The molecule has 0 spiro atoms. The molecule has 1 aliphatic heterocycles. The van der Waals surface area contributed by atoms with Gasteiger partial charge in [0, 0.05) is 54.8 Å². The van der Waals surface area contributed by atoms with E-state index in [0.717, 1.165) is 11.6 Å². The van der Waals surface area contributed by atoms with Gasteiger partial charge in [0.15, 0.2) is 14.9 Å². The number of likely N-dealkylation sites (tertiary alicyclic amines) is 1. The van der Waals surface area contributed by atoms with Crippen LogP contribution in [0.4, 0.5) is 0 Å². The number of piperidine rings is 1. The molecule has 0 aliphatic carbocycles. The van der Waals surface area contributed by atoms with E-state index >= 15 is 0 Å². The summed E-state index contributed by atoms with van der Waals surface area (Å²) in [6, 6.07) is 9.78. The number of aromatic nitrogens is 4. The molecule has 1 amide bonds. The van der Waals surface area contributed by atoms with Crippen molar-refractivity contribution in [3.8, 4) is 11.3 Å². The Bertz CT molecular complexity index is 1640. The van der Waals surface area contributed by atoms with Crippen molar-refractivity contribution in [2.45, 2.75) is 36.9 Å². The van der Waals surface area contributed by atoms with Crippen molar-refractivity contribution in [1.82, 2.24) is 24.4 Å². The van der Waals surface area contributed by atoms with Crippen LogP contribution in [0.15, 0.2) is 58.6 Å². The Hall–Kier alpha value is -3.70. The van der Waals surface area contributed by atoms with E-state index in [0.29, 0.717) is 53.7 Å². The average molecular weight is 508 g/mol.